The monoisotopic (exact) mass is 313 g/mol. The zero-order chi connectivity index (χ0) is 16.2. The fourth-order valence-electron chi connectivity index (χ4n) is 2.50. The van der Waals surface area contributed by atoms with Crippen molar-refractivity contribution in [3.63, 3.8) is 0 Å². The van der Waals surface area contributed by atoms with Gasteiger partial charge in [-0.3, -0.25) is 0 Å². The van der Waals surface area contributed by atoms with E-state index in [9.17, 15) is 4.39 Å². The van der Waals surface area contributed by atoms with Crippen LogP contribution in [0.15, 0.2) is 40.8 Å². The molecule has 5 heteroatoms. The minimum absolute atomic E-state index is 0.223. The highest BCUT2D eigenvalue weighted by Crippen LogP contribution is 2.25. The van der Waals surface area contributed by atoms with Gasteiger partial charge >= 0.3 is 0 Å². The minimum atomic E-state index is -0.566. The first-order valence-corrected chi connectivity index (χ1v) is 7.92. The molecule has 1 aromatic carbocycles. The number of unbranched alkanes of at least 4 members (excludes halogenated alkanes) is 2. The average Bonchev–Trinajstić information content (AvgIpc) is 2.98. The van der Waals surface area contributed by atoms with E-state index in [1.165, 1.54) is 25.3 Å². The van der Waals surface area contributed by atoms with Gasteiger partial charge in [-0.15, -0.1) is 0 Å². The van der Waals surface area contributed by atoms with E-state index >= 15 is 0 Å². The molecule has 0 atom stereocenters. The summed E-state index contributed by atoms with van der Waals surface area (Å²) in [5.74, 6) is -0.109. The Balaban J connectivity index is 1.77. The Hall–Kier alpha value is -2.43. The van der Waals surface area contributed by atoms with Crippen molar-refractivity contribution in [2.75, 3.05) is 18.5 Å². The van der Waals surface area contributed by atoms with Gasteiger partial charge in [-0.2, -0.15) is 9.37 Å². The third-order valence-electron chi connectivity index (χ3n) is 3.87. The fraction of sp³-hybridized carbons (Fsp3) is 0.333. The quantitative estimate of drug-likeness (QED) is 0.490. The summed E-state index contributed by atoms with van der Waals surface area (Å²) in [7, 11) is 2.09. The molecule has 2 aromatic heterocycles. The first kappa shape index (κ1) is 15.5. The Kier molecular flexibility index (Phi) is 4.55. The molecule has 120 valence electrons. The summed E-state index contributed by atoms with van der Waals surface area (Å²) < 4.78 is 18.7. The third kappa shape index (κ3) is 3.50. The normalized spacial score (nSPS) is 11.1. The molecule has 0 fully saturated rings. The summed E-state index contributed by atoms with van der Waals surface area (Å²) in [5.41, 5.74) is 2.79. The van der Waals surface area contributed by atoms with Gasteiger partial charge in [0, 0.05) is 24.8 Å². The molecule has 0 saturated heterocycles. The zero-order valence-corrected chi connectivity index (χ0v) is 13.4. The second-order valence-corrected chi connectivity index (χ2v) is 5.65. The van der Waals surface area contributed by atoms with E-state index in [0.29, 0.717) is 11.4 Å². The van der Waals surface area contributed by atoms with Gasteiger partial charge in [0.25, 0.3) is 0 Å². The first-order valence-electron chi connectivity index (χ1n) is 7.92. The molecule has 0 aliphatic heterocycles. The Morgan fingerprint density at radius 1 is 1.04 bits per heavy atom. The van der Waals surface area contributed by atoms with Crippen molar-refractivity contribution in [1.29, 1.82) is 0 Å². The molecule has 0 saturated carbocycles. The number of hydrogen-bond donors (Lipinski definition) is 0. The predicted molar refractivity (Wildman–Crippen MR) is 90.0 cm³/mol. The van der Waals surface area contributed by atoms with Gasteiger partial charge in [0.2, 0.25) is 17.6 Å². The molecular weight excluding hydrogens is 293 g/mol. The Labute approximate surface area is 135 Å². The van der Waals surface area contributed by atoms with Crippen LogP contribution in [0.1, 0.15) is 26.2 Å². The van der Waals surface area contributed by atoms with Crippen molar-refractivity contribution in [1.82, 2.24) is 9.97 Å². The number of rotatable bonds is 6. The third-order valence-corrected chi connectivity index (χ3v) is 3.87. The van der Waals surface area contributed by atoms with Crippen LogP contribution < -0.4 is 4.90 Å². The summed E-state index contributed by atoms with van der Waals surface area (Å²) in [6, 6.07) is 10.9. The van der Waals surface area contributed by atoms with Crippen LogP contribution in [0.25, 0.3) is 22.7 Å². The van der Waals surface area contributed by atoms with E-state index in [-0.39, 0.29) is 5.71 Å². The molecule has 0 aliphatic carbocycles. The van der Waals surface area contributed by atoms with Crippen LogP contribution in [-0.4, -0.2) is 23.6 Å². The van der Waals surface area contributed by atoms with Crippen molar-refractivity contribution in [2.24, 2.45) is 0 Å². The Morgan fingerprint density at radius 2 is 1.83 bits per heavy atom. The topological polar surface area (TPSA) is 42.2 Å². The molecule has 3 rings (SSSR count). The fourth-order valence-corrected chi connectivity index (χ4v) is 2.50. The predicted octanol–water partition coefficient (Wildman–Crippen LogP) is 4.66. The Bertz CT molecular complexity index is 783. The molecular formula is C18H20FN3O. The number of pyridine rings is 1. The zero-order valence-electron chi connectivity index (χ0n) is 13.4. The van der Waals surface area contributed by atoms with Crippen LogP contribution in [0.2, 0.25) is 0 Å². The lowest BCUT2D eigenvalue weighted by Gasteiger charge is -2.19. The highest BCUT2D eigenvalue weighted by atomic mass is 19.1. The lowest BCUT2D eigenvalue weighted by Crippen LogP contribution is -2.18. The molecule has 0 spiro atoms. The maximum Gasteiger partial charge on any atom is 0.250 e. The smallest absolute Gasteiger partial charge is 0.250 e. The van der Waals surface area contributed by atoms with Gasteiger partial charge in [-0.1, -0.05) is 19.8 Å². The van der Waals surface area contributed by atoms with E-state index in [1.807, 2.05) is 24.3 Å². The van der Waals surface area contributed by atoms with Crippen LogP contribution in [-0.2, 0) is 0 Å². The van der Waals surface area contributed by atoms with Crippen LogP contribution in [0.4, 0.5) is 10.1 Å². The van der Waals surface area contributed by atoms with Crippen molar-refractivity contribution in [3.8, 4) is 11.5 Å². The highest BCUT2D eigenvalue weighted by molar-refractivity contribution is 5.72. The van der Waals surface area contributed by atoms with E-state index in [0.717, 1.165) is 17.8 Å². The maximum atomic E-state index is 13.1. The molecule has 0 radical (unpaired) electrons. The molecule has 0 N–H and O–H groups in total. The molecule has 0 amide bonds. The number of anilines is 1. The molecule has 23 heavy (non-hydrogen) atoms. The number of hydrogen-bond acceptors (Lipinski definition) is 4. The second kappa shape index (κ2) is 6.77. The molecule has 0 bridgehead atoms. The van der Waals surface area contributed by atoms with Gasteiger partial charge < -0.3 is 9.32 Å². The molecule has 3 aromatic rings. The van der Waals surface area contributed by atoms with Gasteiger partial charge in [-0.05, 0) is 42.8 Å². The van der Waals surface area contributed by atoms with Gasteiger partial charge in [-0.25, -0.2) is 4.98 Å². The SMILES string of the molecule is CCCCCN(C)c1ccc(-c2nc3ccc(F)nc3o2)cc1. The summed E-state index contributed by atoms with van der Waals surface area (Å²) in [6.07, 6.45) is 3.66. The molecule has 2 heterocycles. The van der Waals surface area contributed by atoms with E-state index in [2.05, 4.69) is 28.8 Å². The number of halogens is 1. The summed E-state index contributed by atoms with van der Waals surface area (Å²) in [4.78, 5) is 10.3. The van der Waals surface area contributed by atoms with Crippen LogP contribution in [0.5, 0.6) is 0 Å². The van der Waals surface area contributed by atoms with Crippen molar-refractivity contribution in [2.45, 2.75) is 26.2 Å². The number of fused-ring (bicyclic) bond motifs is 1. The van der Waals surface area contributed by atoms with E-state index in [1.54, 1.807) is 6.07 Å². The molecule has 0 aliphatic rings. The van der Waals surface area contributed by atoms with Gasteiger partial charge in [0.05, 0.1) is 0 Å². The van der Waals surface area contributed by atoms with Crippen molar-refractivity contribution in [3.05, 3.63) is 42.3 Å². The van der Waals surface area contributed by atoms with Gasteiger partial charge in [0.15, 0.2) is 0 Å². The molecule has 0 unspecified atom stereocenters. The van der Waals surface area contributed by atoms with Crippen LogP contribution in [0.3, 0.4) is 0 Å². The van der Waals surface area contributed by atoms with Gasteiger partial charge in [0.1, 0.15) is 5.52 Å². The van der Waals surface area contributed by atoms with Crippen LogP contribution >= 0.6 is 0 Å². The first-order chi connectivity index (χ1) is 11.2. The lowest BCUT2D eigenvalue weighted by molar-refractivity contribution is 0.559. The van der Waals surface area contributed by atoms with Crippen molar-refractivity contribution < 1.29 is 8.81 Å². The number of oxazole rings is 1. The largest absolute Gasteiger partial charge is 0.418 e. The second-order valence-electron chi connectivity index (χ2n) is 5.65. The average molecular weight is 313 g/mol. The summed E-state index contributed by atoms with van der Waals surface area (Å²) >= 11 is 0. The van der Waals surface area contributed by atoms with E-state index in [4.69, 9.17) is 4.42 Å². The summed E-state index contributed by atoms with van der Waals surface area (Å²) in [6.45, 7) is 3.25. The van der Waals surface area contributed by atoms with E-state index < -0.39 is 5.95 Å². The highest BCUT2D eigenvalue weighted by Gasteiger charge is 2.10. The van der Waals surface area contributed by atoms with Crippen molar-refractivity contribution >= 4 is 16.9 Å². The lowest BCUT2D eigenvalue weighted by atomic mass is 10.2. The maximum absolute atomic E-state index is 13.1. The number of nitrogens with zero attached hydrogens (tertiary/aromatic N) is 3. The standard InChI is InChI=1S/C18H20FN3O/c1-3-4-5-12-22(2)14-8-6-13(7-9-14)17-20-15-10-11-16(19)21-18(15)23-17/h6-11H,3-5,12H2,1-2H3. The summed E-state index contributed by atoms with van der Waals surface area (Å²) in [5, 5.41) is 0. The Morgan fingerprint density at radius 3 is 2.57 bits per heavy atom. The number of benzene rings is 1. The minimum Gasteiger partial charge on any atom is -0.418 e. The van der Waals surface area contributed by atoms with Crippen LogP contribution in [0, 0.1) is 5.95 Å². The number of aromatic nitrogens is 2. The molecule has 4 nitrogen and oxygen atoms in total.